The number of carbonyl (C=O) groups is 2. The lowest BCUT2D eigenvalue weighted by Crippen LogP contribution is -2.41. The summed E-state index contributed by atoms with van der Waals surface area (Å²) in [6, 6.07) is 19.1. The summed E-state index contributed by atoms with van der Waals surface area (Å²) in [5, 5.41) is 5.79. The Hall–Kier alpha value is -3.85. The number of carbonyl (C=O) groups excluding carboxylic acids is 2. The van der Waals surface area contributed by atoms with E-state index in [1.54, 1.807) is 61.7 Å². The molecule has 4 rings (SSSR count). The Kier molecular flexibility index (Phi) is 8.91. The summed E-state index contributed by atoms with van der Waals surface area (Å²) in [7, 11) is 1.57. The molecule has 1 atom stereocenters. The van der Waals surface area contributed by atoms with Crippen molar-refractivity contribution < 1.29 is 32.2 Å². The van der Waals surface area contributed by atoms with Crippen LogP contribution in [0, 0.1) is 5.41 Å². The zero-order valence-electron chi connectivity index (χ0n) is 21.6. The van der Waals surface area contributed by atoms with E-state index in [0.29, 0.717) is 55.9 Å². The molecule has 1 amide bonds. The Labute approximate surface area is 225 Å². The standard InChI is InChI=1S/C30H31F3N2O4/c1-38-24-14-10-22(11-15-24)27(36)7-4-16-29(17-18-39-20-29)28(37)34-19-21-8-12-23(13-9-21)35-26-6-3-2-5-25(26)30(31,32)33/h2-3,5-6,8-15,35H,4,7,16-20H2,1H3,(H,34,37)/t29-/m1/s1. The van der Waals surface area contributed by atoms with E-state index in [1.165, 1.54) is 12.1 Å². The highest BCUT2D eigenvalue weighted by Crippen LogP contribution is 2.36. The average molecular weight is 541 g/mol. The predicted molar refractivity (Wildman–Crippen MR) is 142 cm³/mol. The average Bonchev–Trinajstić information content (AvgIpc) is 3.42. The van der Waals surface area contributed by atoms with E-state index in [2.05, 4.69) is 10.6 Å². The number of hydrogen-bond acceptors (Lipinski definition) is 5. The third-order valence-corrected chi connectivity index (χ3v) is 6.97. The summed E-state index contributed by atoms with van der Waals surface area (Å²) in [5.74, 6) is 0.569. The number of benzene rings is 3. The van der Waals surface area contributed by atoms with Gasteiger partial charge in [-0.15, -0.1) is 0 Å². The Morgan fingerprint density at radius 3 is 2.36 bits per heavy atom. The van der Waals surface area contributed by atoms with Gasteiger partial charge in [0.25, 0.3) is 0 Å². The molecule has 1 aliphatic heterocycles. The van der Waals surface area contributed by atoms with E-state index < -0.39 is 17.2 Å². The van der Waals surface area contributed by atoms with Gasteiger partial charge in [0.1, 0.15) is 5.75 Å². The van der Waals surface area contributed by atoms with Gasteiger partial charge in [-0.05, 0) is 73.4 Å². The monoisotopic (exact) mass is 540 g/mol. The summed E-state index contributed by atoms with van der Waals surface area (Å²) in [6.07, 6.45) is -2.47. The Balaban J connectivity index is 1.30. The van der Waals surface area contributed by atoms with Crippen molar-refractivity contribution >= 4 is 23.1 Å². The number of ether oxygens (including phenoxy) is 2. The fourth-order valence-corrected chi connectivity index (χ4v) is 4.68. The fraction of sp³-hybridized carbons (Fsp3) is 0.333. The first-order valence-electron chi connectivity index (χ1n) is 12.8. The lowest BCUT2D eigenvalue weighted by atomic mass is 9.80. The van der Waals surface area contributed by atoms with Crippen LogP contribution in [0.3, 0.4) is 0 Å². The van der Waals surface area contributed by atoms with Crippen molar-refractivity contribution in [2.75, 3.05) is 25.6 Å². The van der Waals surface area contributed by atoms with Crippen molar-refractivity contribution in [3.63, 3.8) is 0 Å². The smallest absolute Gasteiger partial charge is 0.418 e. The van der Waals surface area contributed by atoms with Gasteiger partial charge in [0.15, 0.2) is 5.78 Å². The minimum atomic E-state index is -4.46. The Bertz CT molecular complexity index is 1270. The summed E-state index contributed by atoms with van der Waals surface area (Å²) in [6.45, 7) is 1.06. The molecule has 1 heterocycles. The topological polar surface area (TPSA) is 76.7 Å². The number of amides is 1. The van der Waals surface area contributed by atoms with Gasteiger partial charge in [-0.2, -0.15) is 13.2 Å². The van der Waals surface area contributed by atoms with Crippen LogP contribution in [0.15, 0.2) is 72.8 Å². The molecule has 1 aliphatic rings. The number of para-hydroxylation sites is 1. The van der Waals surface area contributed by atoms with Crippen LogP contribution in [0.1, 0.15) is 47.2 Å². The van der Waals surface area contributed by atoms with Gasteiger partial charge in [0.2, 0.25) is 5.91 Å². The molecule has 6 nitrogen and oxygen atoms in total. The van der Waals surface area contributed by atoms with Crippen LogP contribution in [0.5, 0.6) is 5.75 Å². The molecule has 3 aromatic carbocycles. The number of nitrogens with one attached hydrogen (secondary N) is 2. The molecular formula is C30H31F3N2O4. The quantitative estimate of drug-likeness (QED) is 0.270. The third kappa shape index (κ3) is 7.17. The van der Waals surface area contributed by atoms with Gasteiger partial charge in [-0.3, -0.25) is 9.59 Å². The lowest BCUT2D eigenvalue weighted by Gasteiger charge is -2.26. The van der Waals surface area contributed by atoms with E-state index in [-0.39, 0.29) is 23.9 Å². The number of hydrogen-bond donors (Lipinski definition) is 2. The van der Waals surface area contributed by atoms with Gasteiger partial charge < -0.3 is 20.1 Å². The molecule has 2 N–H and O–H groups in total. The number of anilines is 2. The summed E-state index contributed by atoms with van der Waals surface area (Å²) >= 11 is 0. The fourth-order valence-electron chi connectivity index (χ4n) is 4.68. The molecule has 206 valence electrons. The molecule has 39 heavy (non-hydrogen) atoms. The first-order chi connectivity index (χ1) is 18.7. The van der Waals surface area contributed by atoms with Crippen molar-refractivity contribution in [3.8, 4) is 5.75 Å². The van der Waals surface area contributed by atoms with Crippen LogP contribution >= 0.6 is 0 Å². The van der Waals surface area contributed by atoms with Crippen LogP contribution in [0.4, 0.5) is 24.5 Å². The minimum absolute atomic E-state index is 0.0127. The normalized spacial score (nSPS) is 17.0. The second-order valence-corrected chi connectivity index (χ2v) is 9.64. The van der Waals surface area contributed by atoms with Crippen LogP contribution in [0.2, 0.25) is 0 Å². The number of Topliss-reactive ketones (excluding diaryl/α,β-unsaturated/α-hetero) is 1. The van der Waals surface area contributed by atoms with E-state index >= 15 is 0 Å². The van der Waals surface area contributed by atoms with Crippen LogP contribution in [-0.4, -0.2) is 32.0 Å². The van der Waals surface area contributed by atoms with Crippen molar-refractivity contribution in [3.05, 3.63) is 89.5 Å². The van der Waals surface area contributed by atoms with Crippen molar-refractivity contribution in [1.29, 1.82) is 0 Å². The van der Waals surface area contributed by atoms with Crippen molar-refractivity contribution in [2.24, 2.45) is 5.41 Å². The third-order valence-electron chi connectivity index (χ3n) is 6.97. The lowest BCUT2D eigenvalue weighted by molar-refractivity contribution is -0.137. The molecule has 0 unspecified atom stereocenters. The Morgan fingerprint density at radius 2 is 1.72 bits per heavy atom. The molecule has 0 saturated carbocycles. The number of halogens is 3. The molecule has 1 saturated heterocycles. The number of methoxy groups -OCH3 is 1. The van der Waals surface area contributed by atoms with E-state index in [4.69, 9.17) is 9.47 Å². The molecule has 9 heteroatoms. The van der Waals surface area contributed by atoms with Gasteiger partial charge in [0.05, 0.1) is 30.4 Å². The largest absolute Gasteiger partial charge is 0.497 e. The van der Waals surface area contributed by atoms with E-state index in [0.717, 1.165) is 11.6 Å². The van der Waals surface area contributed by atoms with Crippen molar-refractivity contribution in [2.45, 2.75) is 38.4 Å². The van der Waals surface area contributed by atoms with Crippen LogP contribution in [-0.2, 0) is 22.3 Å². The molecule has 3 aromatic rings. The van der Waals surface area contributed by atoms with Crippen molar-refractivity contribution in [1.82, 2.24) is 5.32 Å². The minimum Gasteiger partial charge on any atom is -0.497 e. The first kappa shape index (κ1) is 28.2. The molecule has 0 aliphatic carbocycles. The molecule has 0 spiro atoms. The number of ketones is 1. The van der Waals surface area contributed by atoms with Crippen LogP contribution in [0.25, 0.3) is 0 Å². The summed E-state index contributed by atoms with van der Waals surface area (Å²) in [5.41, 5.74) is 0.460. The molecular weight excluding hydrogens is 509 g/mol. The number of alkyl halides is 3. The highest BCUT2D eigenvalue weighted by atomic mass is 19.4. The van der Waals surface area contributed by atoms with Gasteiger partial charge in [-0.1, -0.05) is 24.3 Å². The van der Waals surface area contributed by atoms with Gasteiger partial charge in [0, 0.05) is 30.8 Å². The summed E-state index contributed by atoms with van der Waals surface area (Å²) in [4.78, 5) is 25.8. The maximum absolute atomic E-state index is 13.3. The molecule has 0 radical (unpaired) electrons. The second kappa shape index (κ2) is 12.3. The van der Waals surface area contributed by atoms with Gasteiger partial charge in [-0.25, -0.2) is 0 Å². The van der Waals surface area contributed by atoms with E-state index in [1.807, 2.05) is 0 Å². The molecule has 1 fully saturated rings. The molecule has 0 aromatic heterocycles. The second-order valence-electron chi connectivity index (χ2n) is 9.64. The maximum Gasteiger partial charge on any atom is 0.418 e. The predicted octanol–water partition coefficient (Wildman–Crippen LogP) is 6.53. The zero-order chi connectivity index (χ0) is 27.9. The first-order valence-corrected chi connectivity index (χ1v) is 12.8. The Morgan fingerprint density at radius 1 is 1.00 bits per heavy atom. The number of rotatable bonds is 11. The molecule has 0 bridgehead atoms. The van der Waals surface area contributed by atoms with E-state index in [9.17, 15) is 22.8 Å². The van der Waals surface area contributed by atoms with Crippen LogP contribution < -0.4 is 15.4 Å². The maximum atomic E-state index is 13.3. The highest BCUT2D eigenvalue weighted by Gasteiger charge is 2.41. The van der Waals surface area contributed by atoms with Gasteiger partial charge >= 0.3 is 6.18 Å². The zero-order valence-corrected chi connectivity index (χ0v) is 21.6. The SMILES string of the molecule is COc1ccc(C(=O)CCC[C@@]2(C(=O)NCc3ccc(Nc4ccccc4C(F)(F)F)cc3)CCOC2)cc1. The highest BCUT2D eigenvalue weighted by molar-refractivity contribution is 5.96. The summed E-state index contributed by atoms with van der Waals surface area (Å²) < 4.78 is 50.5.